The standard InChI is InChI=1S/C38H30N4O4S2/c1-46-29-20-21-31-33(24-29)48-38(41-31)42-37(45)34(26-14-7-3-8-15-26)47-30-19-11-18-28(23-30)39-36(44)32(22-25-12-5-2-6-13-25)40-35(43)27-16-9-4-10-17-27/h2-24,34H,1H3,(H,39,44)(H,40,43)(H,41,42,45)/b32-22-. The topological polar surface area (TPSA) is 109 Å². The molecule has 0 aliphatic carbocycles. The first kappa shape index (κ1) is 32.2. The Labute approximate surface area is 285 Å². The van der Waals surface area contributed by atoms with Gasteiger partial charge in [-0.25, -0.2) is 4.98 Å². The Morgan fingerprint density at radius 2 is 1.50 bits per heavy atom. The smallest absolute Gasteiger partial charge is 0.272 e. The predicted molar refractivity (Wildman–Crippen MR) is 193 cm³/mol. The molecule has 0 bridgehead atoms. The number of hydrogen-bond acceptors (Lipinski definition) is 7. The molecule has 8 nitrogen and oxygen atoms in total. The van der Waals surface area contributed by atoms with Gasteiger partial charge in [-0.3, -0.25) is 14.4 Å². The molecule has 1 heterocycles. The van der Waals surface area contributed by atoms with Gasteiger partial charge in [0.2, 0.25) is 5.91 Å². The first-order valence-electron chi connectivity index (χ1n) is 15.0. The van der Waals surface area contributed by atoms with Crippen LogP contribution in [0.15, 0.2) is 144 Å². The molecule has 0 spiro atoms. The third-order valence-corrected chi connectivity index (χ3v) is 9.33. The highest BCUT2D eigenvalue weighted by atomic mass is 32.2. The Bertz CT molecular complexity index is 2080. The van der Waals surface area contributed by atoms with Crippen LogP contribution in [-0.4, -0.2) is 29.8 Å². The van der Waals surface area contributed by atoms with Gasteiger partial charge in [0.15, 0.2) is 5.13 Å². The molecule has 0 aliphatic heterocycles. The van der Waals surface area contributed by atoms with E-state index in [4.69, 9.17) is 4.74 Å². The van der Waals surface area contributed by atoms with Crippen molar-refractivity contribution < 1.29 is 19.1 Å². The van der Waals surface area contributed by atoms with E-state index in [2.05, 4.69) is 20.9 Å². The number of thiazole rings is 1. The lowest BCUT2D eigenvalue weighted by atomic mass is 10.1. The summed E-state index contributed by atoms with van der Waals surface area (Å²) in [6, 6.07) is 40.3. The highest BCUT2D eigenvalue weighted by Crippen LogP contribution is 2.38. The molecule has 0 saturated carbocycles. The lowest BCUT2D eigenvalue weighted by molar-refractivity contribution is -0.116. The maximum absolute atomic E-state index is 13.8. The molecule has 1 aromatic heterocycles. The van der Waals surface area contributed by atoms with Gasteiger partial charge < -0.3 is 20.7 Å². The number of rotatable bonds is 11. The van der Waals surface area contributed by atoms with E-state index in [9.17, 15) is 14.4 Å². The largest absolute Gasteiger partial charge is 0.497 e. The number of benzene rings is 5. The molecule has 1 unspecified atom stereocenters. The Balaban J connectivity index is 1.22. The average molecular weight is 671 g/mol. The van der Waals surface area contributed by atoms with Gasteiger partial charge in [-0.05, 0) is 65.7 Å². The Morgan fingerprint density at radius 3 is 2.23 bits per heavy atom. The maximum atomic E-state index is 13.8. The minimum atomic E-state index is -0.614. The van der Waals surface area contributed by atoms with Crippen LogP contribution in [-0.2, 0) is 9.59 Å². The zero-order valence-corrected chi connectivity index (χ0v) is 27.4. The van der Waals surface area contributed by atoms with Gasteiger partial charge in [0.25, 0.3) is 11.8 Å². The van der Waals surface area contributed by atoms with Crippen LogP contribution in [0.4, 0.5) is 10.8 Å². The van der Waals surface area contributed by atoms with Gasteiger partial charge in [0, 0.05) is 16.1 Å². The summed E-state index contributed by atoms with van der Waals surface area (Å²) in [5, 5.41) is 8.54. The second kappa shape index (κ2) is 15.3. The van der Waals surface area contributed by atoms with E-state index in [0.717, 1.165) is 32.0 Å². The summed E-state index contributed by atoms with van der Waals surface area (Å²) in [6.07, 6.45) is 1.63. The number of fused-ring (bicyclic) bond motifs is 1. The fraction of sp³-hybridized carbons (Fsp3) is 0.0526. The summed E-state index contributed by atoms with van der Waals surface area (Å²) in [5.74, 6) is -0.408. The number of hydrogen-bond donors (Lipinski definition) is 3. The van der Waals surface area contributed by atoms with E-state index in [1.54, 1.807) is 49.6 Å². The van der Waals surface area contributed by atoms with Crippen LogP contribution in [0.1, 0.15) is 26.7 Å². The molecule has 6 aromatic rings. The Kier molecular flexibility index (Phi) is 10.2. The number of carbonyl (C=O) groups is 3. The molecule has 0 saturated heterocycles. The summed E-state index contributed by atoms with van der Waals surface area (Å²) >= 11 is 2.73. The van der Waals surface area contributed by atoms with Gasteiger partial charge in [0.05, 0.1) is 17.3 Å². The van der Waals surface area contributed by atoms with E-state index < -0.39 is 17.1 Å². The number of thioether (sulfide) groups is 1. The predicted octanol–water partition coefficient (Wildman–Crippen LogP) is 8.19. The van der Waals surface area contributed by atoms with Crippen LogP contribution < -0.4 is 20.7 Å². The molecular formula is C38H30N4O4S2. The van der Waals surface area contributed by atoms with Crippen LogP contribution in [0.3, 0.4) is 0 Å². The second-order valence-corrected chi connectivity index (χ2v) is 12.7. The lowest BCUT2D eigenvalue weighted by Crippen LogP contribution is -2.30. The molecule has 3 N–H and O–H groups in total. The fourth-order valence-electron chi connectivity index (χ4n) is 4.80. The van der Waals surface area contributed by atoms with Crippen LogP contribution in [0, 0.1) is 0 Å². The Morgan fingerprint density at radius 1 is 0.792 bits per heavy atom. The van der Waals surface area contributed by atoms with Crippen molar-refractivity contribution in [2.24, 2.45) is 0 Å². The molecular weight excluding hydrogens is 641 g/mol. The first-order chi connectivity index (χ1) is 23.4. The first-order valence-corrected chi connectivity index (χ1v) is 16.7. The number of methoxy groups -OCH3 is 1. The van der Waals surface area contributed by atoms with Crippen LogP contribution in [0.5, 0.6) is 5.75 Å². The van der Waals surface area contributed by atoms with Crippen molar-refractivity contribution in [2.75, 3.05) is 17.7 Å². The maximum Gasteiger partial charge on any atom is 0.272 e. The van der Waals surface area contributed by atoms with E-state index in [-0.39, 0.29) is 11.6 Å². The molecule has 48 heavy (non-hydrogen) atoms. The highest BCUT2D eigenvalue weighted by Gasteiger charge is 2.24. The van der Waals surface area contributed by atoms with Gasteiger partial charge in [0.1, 0.15) is 16.7 Å². The summed E-state index contributed by atoms with van der Waals surface area (Å²) in [5.41, 5.74) is 3.36. The van der Waals surface area contributed by atoms with Crippen molar-refractivity contribution in [1.29, 1.82) is 0 Å². The molecule has 1 atom stereocenters. The van der Waals surface area contributed by atoms with Crippen molar-refractivity contribution >= 4 is 67.9 Å². The third kappa shape index (κ3) is 8.16. The van der Waals surface area contributed by atoms with E-state index in [1.165, 1.54) is 23.1 Å². The molecule has 0 aliphatic rings. The van der Waals surface area contributed by atoms with Crippen molar-refractivity contribution in [3.63, 3.8) is 0 Å². The molecule has 0 radical (unpaired) electrons. The van der Waals surface area contributed by atoms with E-state index >= 15 is 0 Å². The number of carbonyl (C=O) groups excluding carboxylic acids is 3. The minimum Gasteiger partial charge on any atom is -0.497 e. The zero-order chi connectivity index (χ0) is 33.3. The summed E-state index contributed by atoms with van der Waals surface area (Å²) in [6.45, 7) is 0. The summed E-state index contributed by atoms with van der Waals surface area (Å²) in [7, 11) is 1.61. The summed E-state index contributed by atoms with van der Waals surface area (Å²) in [4.78, 5) is 45.7. The second-order valence-electron chi connectivity index (χ2n) is 10.5. The SMILES string of the molecule is COc1ccc2nc(NC(=O)C(Sc3cccc(NC(=O)/C(=C/c4ccccc4)NC(=O)c4ccccc4)c3)c3ccccc3)sc2c1. The highest BCUT2D eigenvalue weighted by molar-refractivity contribution is 8.00. The molecule has 10 heteroatoms. The van der Waals surface area contributed by atoms with Gasteiger partial charge in [-0.15, -0.1) is 11.8 Å². The van der Waals surface area contributed by atoms with E-state index in [0.29, 0.717) is 16.4 Å². The molecule has 0 fully saturated rings. The van der Waals surface area contributed by atoms with Gasteiger partial charge in [-0.1, -0.05) is 96.3 Å². The van der Waals surface area contributed by atoms with Crippen molar-refractivity contribution in [2.45, 2.75) is 10.1 Å². The van der Waals surface area contributed by atoms with Crippen LogP contribution in [0.25, 0.3) is 16.3 Å². The fourth-order valence-corrected chi connectivity index (χ4v) is 6.78. The number of ether oxygens (including phenoxy) is 1. The molecule has 238 valence electrons. The normalized spacial score (nSPS) is 11.8. The number of nitrogens with one attached hydrogen (secondary N) is 3. The van der Waals surface area contributed by atoms with Crippen molar-refractivity contribution in [3.05, 3.63) is 156 Å². The van der Waals surface area contributed by atoms with Crippen LogP contribution >= 0.6 is 23.1 Å². The molecule has 5 aromatic carbocycles. The number of aromatic nitrogens is 1. The quantitative estimate of drug-likeness (QED) is 0.0948. The summed E-state index contributed by atoms with van der Waals surface area (Å²) < 4.78 is 6.22. The van der Waals surface area contributed by atoms with Crippen molar-refractivity contribution in [3.8, 4) is 5.75 Å². The lowest BCUT2D eigenvalue weighted by Gasteiger charge is -2.17. The number of amides is 3. The number of nitrogens with zero attached hydrogens (tertiary/aromatic N) is 1. The minimum absolute atomic E-state index is 0.0862. The third-order valence-electron chi connectivity index (χ3n) is 7.15. The molecule has 3 amide bonds. The van der Waals surface area contributed by atoms with E-state index in [1.807, 2.05) is 97.1 Å². The Hall–Kier alpha value is -5.71. The van der Waals surface area contributed by atoms with Gasteiger partial charge in [-0.2, -0.15) is 0 Å². The average Bonchev–Trinajstić information content (AvgIpc) is 3.53. The monoisotopic (exact) mass is 670 g/mol. The van der Waals surface area contributed by atoms with Gasteiger partial charge >= 0.3 is 0 Å². The molecule has 6 rings (SSSR count). The zero-order valence-electron chi connectivity index (χ0n) is 25.8. The van der Waals surface area contributed by atoms with Crippen molar-refractivity contribution in [1.82, 2.24) is 10.3 Å². The van der Waals surface area contributed by atoms with Crippen LogP contribution in [0.2, 0.25) is 0 Å². The number of anilines is 2.